The topological polar surface area (TPSA) is 70.2 Å². The average molecular weight is 277 g/mol. The van der Waals surface area contributed by atoms with E-state index in [1.165, 1.54) is 6.20 Å². The third-order valence-corrected chi connectivity index (χ3v) is 3.61. The van der Waals surface area contributed by atoms with Crippen molar-refractivity contribution in [3.63, 3.8) is 0 Å². The first kappa shape index (κ1) is 14.7. The summed E-state index contributed by atoms with van der Waals surface area (Å²) in [5, 5.41) is 6.00. The molecular formula is C14H23N5O. The van der Waals surface area contributed by atoms with E-state index in [9.17, 15) is 4.79 Å². The number of carbonyl (C=O) groups is 1. The number of aromatic nitrogens is 2. The molecule has 1 saturated heterocycles. The number of hydrogen-bond donors (Lipinski definition) is 2. The predicted octanol–water partition coefficient (Wildman–Crippen LogP) is 0.980. The molecule has 0 aliphatic carbocycles. The largest absolute Gasteiger partial charge is 0.369 e. The lowest BCUT2D eigenvalue weighted by Crippen LogP contribution is -2.31. The van der Waals surface area contributed by atoms with Crippen LogP contribution in [0.2, 0.25) is 0 Å². The normalized spacial score (nSPS) is 19.0. The molecule has 0 spiro atoms. The van der Waals surface area contributed by atoms with Crippen LogP contribution in [-0.4, -0.2) is 53.5 Å². The number of likely N-dealkylation sites (tertiary alicyclic amines) is 1. The van der Waals surface area contributed by atoms with Gasteiger partial charge in [-0.1, -0.05) is 6.92 Å². The van der Waals surface area contributed by atoms with Crippen molar-refractivity contribution < 1.29 is 4.79 Å². The van der Waals surface area contributed by atoms with Crippen LogP contribution >= 0.6 is 0 Å². The van der Waals surface area contributed by atoms with Crippen LogP contribution in [0.15, 0.2) is 12.4 Å². The van der Waals surface area contributed by atoms with Gasteiger partial charge in [-0.25, -0.2) is 9.97 Å². The quantitative estimate of drug-likeness (QED) is 0.811. The van der Waals surface area contributed by atoms with Crippen molar-refractivity contribution in [1.29, 1.82) is 0 Å². The molecule has 1 aromatic rings. The molecule has 0 bridgehead atoms. The Balaban J connectivity index is 1.79. The highest BCUT2D eigenvalue weighted by Gasteiger charge is 2.21. The van der Waals surface area contributed by atoms with Gasteiger partial charge in [0.1, 0.15) is 11.5 Å². The molecule has 0 radical (unpaired) electrons. The molecule has 1 amide bonds. The first-order valence-corrected chi connectivity index (χ1v) is 7.29. The van der Waals surface area contributed by atoms with E-state index < -0.39 is 0 Å². The maximum atomic E-state index is 12.0. The zero-order valence-electron chi connectivity index (χ0n) is 12.2. The molecule has 2 heterocycles. The summed E-state index contributed by atoms with van der Waals surface area (Å²) in [7, 11) is 0. The third kappa shape index (κ3) is 3.90. The molecule has 0 saturated carbocycles. The number of anilines is 1. The molecule has 1 unspecified atom stereocenters. The second-order valence-corrected chi connectivity index (χ2v) is 5.08. The summed E-state index contributed by atoms with van der Waals surface area (Å²) in [6.45, 7) is 8.95. The van der Waals surface area contributed by atoms with Gasteiger partial charge in [0, 0.05) is 19.6 Å². The minimum atomic E-state index is -0.143. The first-order chi connectivity index (χ1) is 9.72. The van der Waals surface area contributed by atoms with Crippen LogP contribution in [0.3, 0.4) is 0 Å². The molecule has 1 aliphatic rings. The molecule has 1 atom stereocenters. The molecule has 6 heteroatoms. The highest BCUT2D eigenvalue weighted by Crippen LogP contribution is 2.14. The fraction of sp³-hybridized carbons (Fsp3) is 0.643. The molecule has 0 aromatic carbocycles. The van der Waals surface area contributed by atoms with Crippen molar-refractivity contribution in [2.45, 2.75) is 20.3 Å². The number of amides is 1. The van der Waals surface area contributed by atoms with Crippen LogP contribution in [0.25, 0.3) is 0 Å². The van der Waals surface area contributed by atoms with Crippen molar-refractivity contribution in [3.05, 3.63) is 18.1 Å². The monoisotopic (exact) mass is 277 g/mol. The minimum Gasteiger partial charge on any atom is -0.369 e. The summed E-state index contributed by atoms with van der Waals surface area (Å²) in [5.74, 6) is 1.10. The van der Waals surface area contributed by atoms with Gasteiger partial charge in [-0.3, -0.25) is 4.79 Å². The summed E-state index contributed by atoms with van der Waals surface area (Å²) >= 11 is 0. The van der Waals surface area contributed by atoms with E-state index in [2.05, 4.69) is 32.4 Å². The van der Waals surface area contributed by atoms with Crippen LogP contribution in [0, 0.1) is 5.92 Å². The minimum absolute atomic E-state index is 0.143. The summed E-state index contributed by atoms with van der Waals surface area (Å²) in [5.41, 5.74) is 0.372. The van der Waals surface area contributed by atoms with Crippen LogP contribution in [0.4, 0.5) is 5.82 Å². The number of hydrogen-bond acceptors (Lipinski definition) is 5. The van der Waals surface area contributed by atoms with Gasteiger partial charge in [0.15, 0.2) is 0 Å². The van der Waals surface area contributed by atoms with Crippen LogP contribution in [-0.2, 0) is 0 Å². The van der Waals surface area contributed by atoms with Gasteiger partial charge in [-0.2, -0.15) is 0 Å². The van der Waals surface area contributed by atoms with Crippen molar-refractivity contribution in [1.82, 2.24) is 20.2 Å². The lowest BCUT2D eigenvalue weighted by atomic mass is 10.1. The van der Waals surface area contributed by atoms with Gasteiger partial charge < -0.3 is 15.5 Å². The number of nitrogens with one attached hydrogen (secondary N) is 2. The summed E-state index contributed by atoms with van der Waals surface area (Å²) in [4.78, 5) is 22.7. The van der Waals surface area contributed by atoms with E-state index in [0.29, 0.717) is 24.0 Å². The van der Waals surface area contributed by atoms with E-state index in [1.807, 2.05) is 6.92 Å². The maximum absolute atomic E-state index is 12.0. The Kier molecular flexibility index (Phi) is 5.29. The lowest BCUT2D eigenvalue weighted by Gasteiger charge is -2.13. The van der Waals surface area contributed by atoms with E-state index in [-0.39, 0.29) is 5.91 Å². The van der Waals surface area contributed by atoms with Crippen molar-refractivity contribution in [3.8, 4) is 0 Å². The fourth-order valence-electron chi connectivity index (χ4n) is 2.41. The van der Waals surface area contributed by atoms with Gasteiger partial charge in [-0.05, 0) is 32.4 Å². The van der Waals surface area contributed by atoms with Crippen LogP contribution in [0.1, 0.15) is 30.8 Å². The van der Waals surface area contributed by atoms with E-state index >= 15 is 0 Å². The highest BCUT2D eigenvalue weighted by molar-refractivity contribution is 5.91. The molecule has 1 fully saturated rings. The van der Waals surface area contributed by atoms with Crippen LogP contribution < -0.4 is 10.6 Å². The number of rotatable bonds is 6. The van der Waals surface area contributed by atoms with Gasteiger partial charge >= 0.3 is 0 Å². The first-order valence-electron chi connectivity index (χ1n) is 7.29. The number of carbonyl (C=O) groups excluding carboxylic acids is 1. The standard InChI is InChI=1S/C14H23N5O/c1-3-15-13-9-16-12(8-17-13)14(20)18-7-11-5-6-19(4-2)10-11/h8-9,11H,3-7,10H2,1-2H3,(H,15,17)(H,18,20). The molecular weight excluding hydrogens is 254 g/mol. The van der Waals surface area contributed by atoms with Crippen LogP contribution in [0.5, 0.6) is 0 Å². The SMILES string of the molecule is CCNc1cnc(C(=O)NCC2CCN(CC)C2)cn1. The average Bonchev–Trinajstić information content (AvgIpc) is 2.94. The molecule has 20 heavy (non-hydrogen) atoms. The van der Waals surface area contributed by atoms with Gasteiger partial charge in [0.25, 0.3) is 5.91 Å². The summed E-state index contributed by atoms with van der Waals surface area (Å²) in [6.07, 6.45) is 4.26. The number of nitrogens with zero attached hydrogens (tertiary/aromatic N) is 3. The molecule has 1 aliphatic heterocycles. The van der Waals surface area contributed by atoms with Crippen molar-refractivity contribution >= 4 is 11.7 Å². The fourth-order valence-corrected chi connectivity index (χ4v) is 2.41. The molecule has 6 nitrogen and oxygen atoms in total. The third-order valence-electron chi connectivity index (χ3n) is 3.61. The Morgan fingerprint density at radius 2 is 2.25 bits per heavy atom. The Morgan fingerprint density at radius 1 is 1.40 bits per heavy atom. The van der Waals surface area contributed by atoms with E-state index in [4.69, 9.17) is 0 Å². The van der Waals surface area contributed by atoms with Crippen molar-refractivity contribution in [2.24, 2.45) is 5.92 Å². The second kappa shape index (κ2) is 7.19. The van der Waals surface area contributed by atoms with Gasteiger partial charge in [0.05, 0.1) is 12.4 Å². The zero-order chi connectivity index (χ0) is 14.4. The van der Waals surface area contributed by atoms with Gasteiger partial charge in [0.2, 0.25) is 0 Å². The molecule has 2 rings (SSSR count). The molecule has 1 aromatic heterocycles. The van der Waals surface area contributed by atoms with E-state index in [0.717, 1.165) is 32.6 Å². The smallest absolute Gasteiger partial charge is 0.271 e. The zero-order valence-corrected chi connectivity index (χ0v) is 12.2. The Bertz CT molecular complexity index is 434. The Labute approximate surface area is 120 Å². The predicted molar refractivity (Wildman–Crippen MR) is 78.7 cm³/mol. The lowest BCUT2D eigenvalue weighted by molar-refractivity contribution is 0.0942. The summed E-state index contributed by atoms with van der Waals surface area (Å²) < 4.78 is 0. The maximum Gasteiger partial charge on any atom is 0.271 e. The highest BCUT2D eigenvalue weighted by atomic mass is 16.1. The summed E-state index contributed by atoms with van der Waals surface area (Å²) in [6, 6.07) is 0. The van der Waals surface area contributed by atoms with Crippen molar-refractivity contribution in [2.75, 3.05) is 38.0 Å². The Morgan fingerprint density at radius 3 is 2.85 bits per heavy atom. The molecule has 2 N–H and O–H groups in total. The van der Waals surface area contributed by atoms with E-state index in [1.54, 1.807) is 6.20 Å². The van der Waals surface area contributed by atoms with Gasteiger partial charge in [-0.15, -0.1) is 0 Å². The Hall–Kier alpha value is -1.69. The second-order valence-electron chi connectivity index (χ2n) is 5.08. The molecule has 110 valence electrons.